The highest BCUT2D eigenvalue weighted by Crippen LogP contribution is 2.23. The second-order valence-electron chi connectivity index (χ2n) is 3.98. The van der Waals surface area contributed by atoms with Gasteiger partial charge in [0.25, 0.3) is 0 Å². The number of rotatable bonds is 8. The normalized spacial score (nSPS) is 12.3. The largest absolute Gasteiger partial charge is 0.462 e. The summed E-state index contributed by atoms with van der Waals surface area (Å²) in [5, 5.41) is 8.99. The number of aliphatic hydroxyl groups excluding tert-OH is 1. The predicted octanol–water partition coefficient (Wildman–Crippen LogP) is 1.13. The van der Waals surface area contributed by atoms with Crippen LogP contribution in [0.4, 0.5) is 0 Å². The molecule has 1 heterocycles. The Hall–Kier alpha value is -0.890. The highest BCUT2D eigenvalue weighted by molar-refractivity contribution is 7.89. The quantitative estimate of drug-likeness (QED) is 0.726. The summed E-state index contributed by atoms with van der Waals surface area (Å²) in [7, 11) is -3.60. The fourth-order valence-electron chi connectivity index (χ4n) is 1.76. The fraction of sp³-hybridized carbons (Fsp3) is 0.667. The molecule has 7 heteroatoms. The molecular formula is C12H21NO5S. The van der Waals surface area contributed by atoms with Crippen molar-refractivity contribution in [2.75, 3.05) is 26.3 Å². The minimum atomic E-state index is -3.60. The van der Waals surface area contributed by atoms with Gasteiger partial charge in [0.2, 0.25) is 10.0 Å². The Bertz CT molecular complexity index is 494. The summed E-state index contributed by atoms with van der Waals surface area (Å²) in [6.45, 7) is 6.44. The summed E-state index contributed by atoms with van der Waals surface area (Å²) in [4.78, 5) is 0.106. The van der Waals surface area contributed by atoms with Crippen LogP contribution in [0.2, 0.25) is 0 Å². The molecule has 1 rings (SSSR count). The van der Waals surface area contributed by atoms with Gasteiger partial charge in [-0.1, -0.05) is 6.92 Å². The predicted molar refractivity (Wildman–Crippen MR) is 70.3 cm³/mol. The average molecular weight is 291 g/mol. The van der Waals surface area contributed by atoms with E-state index in [1.165, 1.54) is 10.4 Å². The molecule has 1 aromatic heterocycles. The molecule has 0 aliphatic heterocycles. The van der Waals surface area contributed by atoms with Crippen molar-refractivity contribution < 1.29 is 22.7 Å². The van der Waals surface area contributed by atoms with Crippen LogP contribution in [0.1, 0.15) is 25.4 Å². The second-order valence-corrected chi connectivity index (χ2v) is 5.89. The molecule has 0 saturated carbocycles. The molecule has 0 aromatic carbocycles. The van der Waals surface area contributed by atoms with E-state index in [0.29, 0.717) is 32.1 Å². The summed E-state index contributed by atoms with van der Waals surface area (Å²) >= 11 is 0. The number of ether oxygens (including phenoxy) is 1. The van der Waals surface area contributed by atoms with E-state index in [1.807, 2.05) is 6.92 Å². The van der Waals surface area contributed by atoms with Crippen LogP contribution in [0.15, 0.2) is 15.4 Å². The van der Waals surface area contributed by atoms with Gasteiger partial charge in [0.05, 0.1) is 6.61 Å². The lowest BCUT2D eigenvalue weighted by Crippen LogP contribution is -2.34. The maximum absolute atomic E-state index is 12.4. The van der Waals surface area contributed by atoms with Crippen LogP contribution < -0.4 is 0 Å². The first kappa shape index (κ1) is 16.2. The first-order valence-corrected chi connectivity index (χ1v) is 7.69. The molecule has 0 aliphatic rings. The Kier molecular flexibility index (Phi) is 5.99. The topological polar surface area (TPSA) is 80.0 Å². The van der Waals surface area contributed by atoms with E-state index < -0.39 is 10.0 Å². The van der Waals surface area contributed by atoms with Crippen molar-refractivity contribution in [3.63, 3.8) is 0 Å². The number of hydrogen-bond donors (Lipinski definition) is 1. The Morgan fingerprint density at radius 2 is 2.11 bits per heavy atom. The summed E-state index contributed by atoms with van der Waals surface area (Å²) in [5.74, 6) is 0.538. The maximum atomic E-state index is 12.4. The summed E-state index contributed by atoms with van der Waals surface area (Å²) in [6, 6.07) is 1.37. The number of furan rings is 1. The smallest absolute Gasteiger partial charge is 0.246 e. The van der Waals surface area contributed by atoms with E-state index in [0.717, 1.165) is 0 Å². The van der Waals surface area contributed by atoms with Gasteiger partial charge in [-0.15, -0.1) is 0 Å². The summed E-state index contributed by atoms with van der Waals surface area (Å²) < 4.78 is 36.6. The van der Waals surface area contributed by atoms with Gasteiger partial charge in [-0.05, 0) is 13.8 Å². The number of aryl methyl sites for hydroxylation is 1. The number of sulfonamides is 1. The molecule has 6 nitrogen and oxygen atoms in total. The number of nitrogens with zero attached hydrogens (tertiary/aromatic N) is 1. The van der Waals surface area contributed by atoms with Crippen LogP contribution >= 0.6 is 0 Å². The molecule has 0 aliphatic carbocycles. The molecule has 0 amide bonds. The molecule has 0 bridgehead atoms. The van der Waals surface area contributed by atoms with Crippen LogP contribution in [0.5, 0.6) is 0 Å². The van der Waals surface area contributed by atoms with Gasteiger partial charge in [-0.25, -0.2) is 8.42 Å². The van der Waals surface area contributed by atoms with E-state index in [2.05, 4.69) is 0 Å². The van der Waals surface area contributed by atoms with Crippen LogP contribution in [0, 0.1) is 6.92 Å². The molecule has 19 heavy (non-hydrogen) atoms. The maximum Gasteiger partial charge on any atom is 0.246 e. The molecule has 0 radical (unpaired) electrons. The van der Waals surface area contributed by atoms with E-state index in [-0.39, 0.29) is 17.3 Å². The molecule has 1 N–H and O–H groups in total. The van der Waals surface area contributed by atoms with Crippen LogP contribution in [0.3, 0.4) is 0 Å². The highest BCUT2D eigenvalue weighted by atomic mass is 32.2. The molecule has 0 saturated heterocycles. The van der Waals surface area contributed by atoms with Crippen molar-refractivity contribution in [1.29, 1.82) is 0 Å². The number of likely N-dealkylation sites (N-methyl/N-ethyl adjacent to an activating group) is 1. The van der Waals surface area contributed by atoms with Gasteiger partial charge < -0.3 is 14.3 Å². The Morgan fingerprint density at radius 3 is 2.58 bits per heavy atom. The third-order valence-electron chi connectivity index (χ3n) is 2.74. The van der Waals surface area contributed by atoms with E-state index in [1.54, 1.807) is 13.8 Å². The zero-order chi connectivity index (χ0) is 14.5. The average Bonchev–Trinajstić information content (AvgIpc) is 2.76. The van der Waals surface area contributed by atoms with Crippen molar-refractivity contribution in [3.05, 3.63) is 17.6 Å². The van der Waals surface area contributed by atoms with Gasteiger partial charge >= 0.3 is 0 Å². The van der Waals surface area contributed by atoms with Gasteiger partial charge in [0, 0.05) is 25.8 Å². The van der Waals surface area contributed by atoms with Gasteiger partial charge in [-0.3, -0.25) is 0 Å². The van der Waals surface area contributed by atoms with Crippen LogP contribution in [0.25, 0.3) is 0 Å². The monoisotopic (exact) mass is 291 g/mol. The zero-order valence-electron chi connectivity index (χ0n) is 11.5. The SMILES string of the molecule is CCOCCN(CC)S(=O)(=O)c1cc(CO)oc1C. The van der Waals surface area contributed by atoms with E-state index in [9.17, 15) is 8.42 Å². The van der Waals surface area contributed by atoms with Crippen LogP contribution in [-0.2, 0) is 21.4 Å². The third-order valence-corrected chi connectivity index (χ3v) is 4.82. The zero-order valence-corrected chi connectivity index (χ0v) is 12.4. The standard InChI is InChI=1S/C12H21NO5S/c1-4-13(6-7-17-5-2)19(15,16)12-8-11(9-14)18-10(12)3/h8,14H,4-7,9H2,1-3H3. The molecule has 0 spiro atoms. The first-order chi connectivity index (χ1) is 8.97. The van der Waals surface area contributed by atoms with Crippen molar-refractivity contribution in [2.24, 2.45) is 0 Å². The lowest BCUT2D eigenvalue weighted by atomic mass is 10.4. The van der Waals surface area contributed by atoms with Crippen molar-refractivity contribution in [3.8, 4) is 0 Å². The second kappa shape index (κ2) is 7.04. The van der Waals surface area contributed by atoms with E-state index in [4.69, 9.17) is 14.3 Å². The van der Waals surface area contributed by atoms with Crippen molar-refractivity contribution in [1.82, 2.24) is 4.31 Å². The molecule has 0 unspecified atom stereocenters. The lowest BCUT2D eigenvalue weighted by molar-refractivity contribution is 0.135. The first-order valence-electron chi connectivity index (χ1n) is 6.25. The molecule has 1 aromatic rings. The summed E-state index contributed by atoms with van der Waals surface area (Å²) in [6.07, 6.45) is 0. The van der Waals surface area contributed by atoms with Gasteiger partial charge in [0.1, 0.15) is 23.0 Å². The summed E-state index contributed by atoms with van der Waals surface area (Å²) in [5.41, 5.74) is 0. The Labute approximate surface area is 114 Å². The third kappa shape index (κ3) is 3.79. The minimum Gasteiger partial charge on any atom is -0.462 e. The molecule has 0 fully saturated rings. The van der Waals surface area contributed by atoms with Gasteiger partial charge in [0.15, 0.2) is 0 Å². The lowest BCUT2D eigenvalue weighted by Gasteiger charge is -2.19. The van der Waals surface area contributed by atoms with Crippen molar-refractivity contribution in [2.45, 2.75) is 32.3 Å². The minimum absolute atomic E-state index is 0.106. The van der Waals surface area contributed by atoms with Crippen LogP contribution in [-0.4, -0.2) is 44.1 Å². The van der Waals surface area contributed by atoms with Gasteiger partial charge in [-0.2, -0.15) is 4.31 Å². The Morgan fingerprint density at radius 1 is 1.42 bits per heavy atom. The number of hydrogen-bond acceptors (Lipinski definition) is 5. The van der Waals surface area contributed by atoms with Crippen molar-refractivity contribution >= 4 is 10.0 Å². The molecule has 110 valence electrons. The molecular weight excluding hydrogens is 270 g/mol. The highest BCUT2D eigenvalue weighted by Gasteiger charge is 2.27. The fourth-order valence-corrected chi connectivity index (χ4v) is 3.37. The Balaban J connectivity index is 2.96. The molecule has 0 atom stereocenters. The number of aliphatic hydroxyl groups is 1. The van der Waals surface area contributed by atoms with E-state index >= 15 is 0 Å².